The highest BCUT2D eigenvalue weighted by atomic mass is 16.5. The lowest BCUT2D eigenvalue weighted by atomic mass is 9.98. The number of hydrogen-bond acceptors (Lipinski definition) is 4. The summed E-state index contributed by atoms with van der Waals surface area (Å²) in [4.78, 5) is 24.5. The predicted octanol–water partition coefficient (Wildman–Crippen LogP) is 4.50. The second-order valence-electron chi connectivity index (χ2n) is 5.31. The molecule has 0 saturated carbocycles. The standard InChI is InChI=1S/C21H16O4/c1-24-21(23)19-10-6-5-9-18(19)20(22)15-11-13-17(14-12-15)25-16-7-3-2-4-8-16/h2-14H,1H3. The van der Waals surface area contributed by atoms with Gasteiger partial charge in [0.05, 0.1) is 12.7 Å². The molecule has 0 fully saturated rings. The van der Waals surface area contributed by atoms with E-state index in [9.17, 15) is 9.59 Å². The van der Waals surface area contributed by atoms with Gasteiger partial charge in [-0.25, -0.2) is 4.79 Å². The Balaban J connectivity index is 1.83. The maximum atomic E-state index is 12.7. The van der Waals surface area contributed by atoms with Crippen molar-refractivity contribution < 1.29 is 19.1 Å². The summed E-state index contributed by atoms with van der Waals surface area (Å²) >= 11 is 0. The van der Waals surface area contributed by atoms with Crippen LogP contribution in [0.4, 0.5) is 0 Å². The maximum Gasteiger partial charge on any atom is 0.338 e. The Hall–Kier alpha value is -3.40. The first-order chi connectivity index (χ1) is 12.2. The minimum Gasteiger partial charge on any atom is -0.465 e. The molecule has 0 heterocycles. The monoisotopic (exact) mass is 332 g/mol. The SMILES string of the molecule is COC(=O)c1ccccc1C(=O)c1ccc(Oc2ccccc2)cc1. The summed E-state index contributed by atoms with van der Waals surface area (Å²) in [5.74, 6) is 0.571. The molecule has 0 aliphatic heterocycles. The molecule has 0 aromatic heterocycles. The van der Waals surface area contributed by atoms with Gasteiger partial charge in [0, 0.05) is 11.1 Å². The number of carbonyl (C=O) groups is 2. The quantitative estimate of drug-likeness (QED) is 0.510. The number of rotatable bonds is 5. The highest BCUT2D eigenvalue weighted by Crippen LogP contribution is 2.23. The molecule has 0 spiro atoms. The zero-order valence-corrected chi connectivity index (χ0v) is 13.6. The molecule has 0 unspecified atom stereocenters. The zero-order valence-electron chi connectivity index (χ0n) is 13.6. The summed E-state index contributed by atoms with van der Waals surface area (Å²) < 4.78 is 10.5. The highest BCUT2D eigenvalue weighted by molar-refractivity contribution is 6.14. The Labute approximate surface area is 145 Å². The molecule has 4 heteroatoms. The first-order valence-electron chi connectivity index (χ1n) is 7.74. The Kier molecular flexibility index (Phi) is 4.90. The van der Waals surface area contributed by atoms with Crippen LogP contribution < -0.4 is 4.74 Å². The largest absolute Gasteiger partial charge is 0.465 e. The fourth-order valence-corrected chi connectivity index (χ4v) is 2.42. The molecule has 25 heavy (non-hydrogen) atoms. The van der Waals surface area contributed by atoms with Crippen molar-refractivity contribution in [1.82, 2.24) is 0 Å². The Morgan fingerprint density at radius 2 is 1.24 bits per heavy atom. The molecule has 0 radical (unpaired) electrons. The van der Waals surface area contributed by atoms with Gasteiger partial charge < -0.3 is 9.47 Å². The van der Waals surface area contributed by atoms with Gasteiger partial charge in [-0.3, -0.25) is 4.79 Å². The van der Waals surface area contributed by atoms with Crippen LogP contribution in [-0.4, -0.2) is 18.9 Å². The molecule has 3 rings (SSSR count). The van der Waals surface area contributed by atoms with Crippen molar-refractivity contribution in [2.24, 2.45) is 0 Å². The molecular weight excluding hydrogens is 316 g/mol. The summed E-state index contributed by atoms with van der Waals surface area (Å²) in [5.41, 5.74) is 1.03. The second kappa shape index (κ2) is 7.45. The molecule has 0 N–H and O–H groups in total. The summed E-state index contributed by atoms with van der Waals surface area (Å²) in [6.07, 6.45) is 0. The molecule has 0 aliphatic rings. The van der Waals surface area contributed by atoms with Crippen LogP contribution >= 0.6 is 0 Å². The van der Waals surface area contributed by atoms with E-state index >= 15 is 0 Å². The van der Waals surface area contributed by atoms with Crippen molar-refractivity contribution in [3.8, 4) is 11.5 Å². The second-order valence-corrected chi connectivity index (χ2v) is 5.31. The molecule has 0 bridgehead atoms. The number of benzene rings is 3. The van der Waals surface area contributed by atoms with E-state index in [1.54, 1.807) is 48.5 Å². The van der Waals surface area contributed by atoms with Crippen molar-refractivity contribution in [3.63, 3.8) is 0 Å². The van der Waals surface area contributed by atoms with Gasteiger partial charge in [0.1, 0.15) is 11.5 Å². The van der Waals surface area contributed by atoms with Crippen molar-refractivity contribution in [2.75, 3.05) is 7.11 Å². The number of methoxy groups -OCH3 is 1. The zero-order chi connectivity index (χ0) is 17.6. The third-order valence-electron chi connectivity index (χ3n) is 3.67. The normalized spacial score (nSPS) is 10.1. The number of para-hydroxylation sites is 1. The topological polar surface area (TPSA) is 52.6 Å². The average Bonchev–Trinajstić information content (AvgIpc) is 2.68. The fraction of sp³-hybridized carbons (Fsp3) is 0.0476. The van der Waals surface area contributed by atoms with Crippen LogP contribution in [-0.2, 0) is 4.74 Å². The highest BCUT2D eigenvalue weighted by Gasteiger charge is 2.18. The number of carbonyl (C=O) groups excluding carboxylic acids is 2. The third kappa shape index (κ3) is 3.75. The first-order valence-corrected chi connectivity index (χ1v) is 7.74. The van der Waals surface area contributed by atoms with E-state index in [1.165, 1.54) is 7.11 Å². The predicted molar refractivity (Wildman–Crippen MR) is 94.2 cm³/mol. The van der Waals surface area contributed by atoms with Crippen LogP contribution in [0.5, 0.6) is 11.5 Å². The van der Waals surface area contributed by atoms with E-state index in [0.717, 1.165) is 5.75 Å². The van der Waals surface area contributed by atoms with Crippen molar-refractivity contribution >= 4 is 11.8 Å². The van der Waals surface area contributed by atoms with Crippen LogP contribution in [0, 0.1) is 0 Å². The van der Waals surface area contributed by atoms with Crippen molar-refractivity contribution in [1.29, 1.82) is 0 Å². The smallest absolute Gasteiger partial charge is 0.338 e. The molecule has 3 aromatic carbocycles. The van der Waals surface area contributed by atoms with E-state index in [4.69, 9.17) is 9.47 Å². The lowest BCUT2D eigenvalue weighted by Gasteiger charge is -2.08. The first kappa shape index (κ1) is 16.5. The molecule has 0 atom stereocenters. The molecular formula is C21H16O4. The van der Waals surface area contributed by atoms with Gasteiger partial charge in [-0.2, -0.15) is 0 Å². The van der Waals surface area contributed by atoms with Gasteiger partial charge >= 0.3 is 5.97 Å². The summed E-state index contributed by atoms with van der Waals surface area (Å²) in [6, 6.07) is 22.8. The van der Waals surface area contributed by atoms with Crippen LogP contribution in [0.25, 0.3) is 0 Å². The van der Waals surface area contributed by atoms with Crippen LogP contribution in [0.15, 0.2) is 78.9 Å². The van der Waals surface area contributed by atoms with Gasteiger partial charge in [0.2, 0.25) is 0 Å². The van der Waals surface area contributed by atoms with E-state index in [0.29, 0.717) is 16.9 Å². The van der Waals surface area contributed by atoms with E-state index in [-0.39, 0.29) is 11.3 Å². The Morgan fingerprint density at radius 3 is 1.88 bits per heavy atom. The van der Waals surface area contributed by atoms with Crippen LogP contribution in [0.2, 0.25) is 0 Å². The van der Waals surface area contributed by atoms with E-state index in [1.807, 2.05) is 30.3 Å². The number of ketones is 1. The molecule has 0 aliphatic carbocycles. The third-order valence-corrected chi connectivity index (χ3v) is 3.67. The van der Waals surface area contributed by atoms with Crippen molar-refractivity contribution in [3.05, 3.63) is 95.6 Å². The lowest BCUT2D eigenvalue weighted by Crippen LogP contribution is -2.11. The fourth-order valence-electron chi connectivity index (χ4n) is 2.42. The van der Waals surface area contributed by atoms with Gasteiger partial charge in [-0.1, -0.05) is 36.4 Å². The number of esters is 1. The van der Waals surface area contributed by atoms with Gasteiger partial charge in [0.25, 0.3) is 0 Å². The average molecular weight is 332 g/mol. The minimum atomic E-state index is -0.534. The molecule has 0 saturated heterocycles. The number of ether oxygens (including phenoxy) is 2. The Bertz CT molecular complexity index is 883. The van der Waals surface area contributed by atoms with Gasteiger partial charge in [-0.15, -0.1) is 0 Å². The summed E-state index contributed by atoms with van der Waals surface area (Å²) in [7, 11) is 1.29. The summed E-state index contributed by atoms with van der Waals surface area (Å²) in [6.45, 7) is 0. The lowest BCUT2D eigenvalue weighted by molar-refractivity contribution is 0.0597. The van der Waals surface area contributed by atoms with Gasteiger partial charge in [0.15, 0.2) is 5.78 Å². The maximum absolute atomic E-state index is 12.7. The molecule has 124 valence electrons. The molecule has 0 amide bonds. The van der Waals surface area contributed by atoms with Crippen molar-refractivity contribution in [2.45, 2.75) is 0 Å². The van der Waals surface area contributed by atoms with E-state index in [2.05, 4.69) is 0 Å². The minimum absolute atomic E-state index is 0.243. The number of hydrogen-bond donors (Lipinski definition) is 0. The van der Waals surface area contributed by atoms with Crippen LogP contribution in [0.1, 0.15) is 26.3 Å². The summed E-state index contributed by atoms with van der Waals surface area (Å²) in [5, 5.41) is 0. The Morgan fingerprint density at radius 1 is 0.680 bits per heavy atom. The van der Waals surface area contributed by atoms with Crippen LogP contribution in [0.3, 0.4) is 0 Å². The molecule has 3 aromatic rings. The van der Waals surface area contributed by atoms with E-state index < -0.39 is 5.97 Å². The van der Waals surface area contributed by atoms with Gasteiger partial charge in [-0.05, 0) is 42.5 Å². The molecule has 4 nitrogen and oxygen atoms in total.